The van der Waals surface area contributed by atoms with Crippen molar-refractivity contribution in [2.45, 2.75) is 6.42 Å². The summed E-state index contributed by atoms with van der Waals surface area (Å²) in [4.78, 5) is 15.3. The molecule has 0 aliphatic heterocycles. The molecule has 1 aromatic heterocycles. The average Bonchev–Trinajstić information content (AvgIpc) is 2.81. The van der Waals surface area contributed by atoms with Gasteiger partial charge in [0.1, 0.15) is 0 Å². The van der Waals surface area contributed by atoms with Gasteiger partial charge in [-0.25, -0.2) is 0 Å². The van der Waals surface area contributed by atoms with Crippen molar-refractivity contribution in [2.24, 2.45) is 0 Å². The average molecular weight is 319 g/mol. The maximum Gasteiger partial charge on any atom is 0.228 e. The number of hydrogen-bond acceptors (Lipinski definition) is 1. The fourth-order valence-electron chi connectivity index (χ4n) is 2.24. The van der Waals surface area contributed by atoms with Crippen LogP contribution in [-0.2, 0) is 11.2 Å². The number of carbonyl (C=O) groups is 1. The van der Waals surface area contributed by atoms with E-state index in [1.54, 1.807) is 24.3 Å². The highest BCUT2D eigenvalue weighted by molar-refractivity contribution is 6.31. The van der Waals surface area contributed by atoms with Crippen molar-refractivity contribution in [3.63, 3.8) is 0 Å². The van der Waals surface area contributed by atoms with Crippen LogP contribution in [-0.4, -0.2) is 10.9 Å². The molecule has 5 heteroatoms. The molecular formula is C16H12Cl2N2O. The summed E-state index contributed by atoms with van der Waals surface area (Å²) >= 11 is 11.9. The third kappa shape index (κ3) is 3.20. The number of halogens is 2. The van der Waals surface area contributed by atoms with Gasteiger partial charge in [0.05, 0.1) is 6.42 Å². The van der Waals surface area contributed by atoms with Gasteiger partial charge >= 0.3 is 0 Å². The van der Waals surface area contributed by atoms with E-state index in [0.29, 0.717) is 15.7 Å². The lowest BCUT2D eigenvalue weighted by Gasteiger charge is -2.05. The molecule has 21 heavy (non-hydrogen) atoms. The molecule has 1 amide bonds. The lowest BCUT2D eigenvalue weighted by molar-refractivity contribution is -0.115. The molecule has 0 aliphatic carbocycles. The van der Waals surface area contributed by atoms with Crippen LogP contribution >= 0.6 is 23.2 Å². The van der Waals surface area contributed by atoms with Crippen molar-refractivity contribution in [3.05, 3.63) is 64.3 Å². The molecule has 0 unspecified atom stereocenters. The second-order valence-corrected chi connectivity index (χ2v) is 5.61. The van der Waals surface area contributed by atoms with E-state index < -0.39 is 0 Å². The molecule has 0 bridgehead atoms. The van der Waals surface area contributed by atoms with E-state index in [1.165, 1.54) is 0 Å². The normalized spacial score (nSPS) is 10.8. The van der Waals surface area contributed by atoms with Crippen molar-refractivity contribution < 1.29 is 4.79 Å². The monoisotopic (exact) mass is 318 g/mol. The van der Waals surface area contributed by atoms with Crippen LogP contribution < -0.4 is 5.32 Å². The van der Waals surface area contributed by atoms with Gasteiger partial charge in [-0.2, -0.15) is 0 Å². The number of H-pyrrole nitrogens is 1. The lowest BCUT2D eigenvalue weighted by Crippen LogP contribution is -2.14. The number of rotatable bonds is 3. The first kappa shape index (κ1) is 14.0. The topological polar surface area (TPSA) is 44.9 Å². The van der Waals surface area contributed by atoms with Gasteiger partial charge in [-0.15, -0.1) is 0 Å². The second kappa shape index (κ2) is 5.80. The number of nitrogens with one attached hydrogen (secondary N) is 2. The van der Waals surface area contributed by atoms with Gasteiger partial charge in [0.25, 0.3) is 0 Å². The summed E-state index contributed by atoms with van der Waals surface area (Å²) in [6, 6.07) is 12.6. The van der Waals surface area contributed by atoms with E-state index in [9.17, 15) is 4.79 Å². The SMILES string of the molecule is O=C(Cc1c[nH]c2ccc(Cl)cc12)Nc1cccc(Cl)c1. The number of anilines is 1. The van der Waals surface area contributed by atoms with E-state index in [1.807, 2.05) is 24.4 Å². The quantitative estimate of drug-likeness (QED) is 0.725. The highest BCUT2D eigenvalue weighted by Crippen LogP contribution is 2.23. The first-order valence-electron chi connectivity index (χ1n) is 6.43. The Hall–Kier alpha value is -1.97. The van der Waals surface area contributed by atoms with Crippen LogP contribution in [0.1, 0.15) is 5.56 Å². The van der Waals surface area contributed by atoms with Crippen LogP contribution in [0.4, 0.5) is 5.69 Å². The van der Waals surface area contributed by atoms with Gasteiger partial charge in [-0.1, -0.05) is 29.3 Å². The minimum absolute atomic E-state index is 0.0989. The molecular weight excluding hydrogens is 307 g/mol. The molecule has 1 heterocycles. The zero-order chi connectivity index (χ0) is 14.8. The Labute approximate surface area is 131 Å². The largest absolute Gasteiger partial charge is 0.361 e. The summed E-state index contributed by atoms with van der Waals surface area (Å²) in [6.07, 6.45) is 2.10. The number of carbonyl (C=O) groups excluding carboxylic acids is 1. The fourth-order valence-corrected chi connectivity index (χ4v) is 2.60. The van der Waals surface area contributed by atoms with Crippen molar-refractivity contribution in [1.29, 1.82) is 0 Å². The Morgan fingerprint density at radius 2 is 1.90 bits per heavy atom. The highest BCUT2D eigenvalue weighted by atomic mass is 35.5. The van der Waals surface area contributed by atoms with E-state index in [-0.39, 0.29) is 12.3 Å². The van der Waals surface area contributed by atoms with Crippen LogP contribution in [0.2, 0.25) is 10.0 Å². The number of aromatic amines is 1. The minimum Gasteiger partial charge on any atom is -0.361 e. The first-order valence-corrected chi connectivity index (χ1v) is 7.18. The maximum atomic E-state index is 12.1. The van der Waals surface area contributed by atoms with Gasteiger partial charge < -0.3 is 10.3 Å². The van der Waals surface area contributed by atoms with Crippen molar-refractivity contribution in [2.75, 3.05) is 5.32 Å². The molecule has 0 radical (unpaired) electrons. The van der Waals surface area contributed by atoms with E-state index in [2.05, 4.69) is 10.3 Å². The predicted octanol–water partition coefficient (Wildman–Crippen LogP) is 4.66. The predicted molar refractivity (Wildman–Crippen MR) is 87.1 cm³/mol. The molecule has 2 aromatic carbocycles. The molecule has 0 spiro atoms. The van der Waals surface area contributed by atoms with E-state index in [4.69, 9.17) is 23.2 Å². The van der Waals surface area contributed by atoms with Gasteiger partial charge in [-0.3, -0.25) is 4.79 Å². The van der Waals surface area contributed by atoms with Crippen LogP contribution in [0, 0.1) is 0 Å². The molecule has 0 saturated heterocycles. The smallest absolute Gasteiger partial charge is 0.228 e. The van der Waals surface area contributed by atoms with Gasteiger partial charge in [0.2, 0.25) is 5.91 Å². The zero-order valence-corrected chi connectivity index (χ0v) is 12.5. The molecule has 0 aliphatic rings. The number of aromatic nitrogens is 1. The second-order valence-electron chi connectivity index (χ2n) is 4.74. The lowest BCUT2D eigenvalue weighted by atomic mass is 10.1. The molecule has 0 atom stereocenters. The number of fused-ring (bicyclic) bond motifs is 1. The summed E-state index contributed by atoms with van der Waals surface area (Å²) in [7, 11) is 0. The number of amides is 1. The third-order valence-corrected chi connectivity index (χ3v) is 3.66. The Kier molecular flexibility index (Phi) is 3.86. The van der Waals surface area contributed by atoms with Gasteiger partial charge in [0, 0.05) is 32.8 Å². The minimum atomic E-state index is -0.0989. The molecule has 3 nitrogen and oxygen atoms in total. The van der Waals surface area contributed by atoms with Crippen LogP contribution in [0.5, 0.6) is 0 Å². The van der Waals surface area contributed by atoms with Gasteiger partial charge in [-0.05, 0) is 42.0 Å². The Morgan fingerprint density at radius 3 is 2.71 bits per heavy atom. The van der Waals surface area contributed by atoms with Crippen LogP contribution in [0.15, 0.2) is 48.7 Å². The molecule has 0 fully saturated rings. The summed E-state index contributed by atoms with van der Waals surface area (Å²) in [6.45, 7) is 0. The van der Waals surface area contributed by atoms with E-state index in [0.717, 1.165) is 16.5 Å². The van der Waals surface area contributed by atoms with Crippen molar-refractivity contribution in [1.82, 2.24) is 4.98 Å². The summed E-state index contributed by atoms with van der Waals surface area (Å²) < 4.78 is 0. The molecule has 106 valence electrons. The zero-order valence-electron chi connectivity index (χ0n) is 11.0. The maximum absolute atomic E-state index is 12.1. The van der Waals surface area contributed by atoms with E-state index >= 15 is 0 Å². The molecule has 3 aromatic rings. The molecule has 3 rings (SSSR count). The van der Waals surface area contributed by atoms with Crippen molar-refractivity contribution in [3.8, 4) is 0 Å². The van der Waals surface area contributed by atoms with Crippen LogP contribution in [0.3, 0.4) is 0 Å². The molecule has 0 saturated carbocycles. The number of benzene rings is 2. The highest BCUT2D eigenvalue weighted by Gasteiger charge is 2.09. The van der Waals surface area contributed by atoms with Gasteiger partial charge in [0.15, 0.2) is 0 Å². The Morgan fingerprint density at radius 1 is 1.10 bits per heavy atom. The van der Waals surface area contributed by atoms with Crippen molar-refractivity contribution >= 4 is 45.7 Å². The Balaban J connectivity index is 1.79. The Bertz CT molecular complexity index is 811. The number of hydrogen-bond donors (Lipinski definition) is 2. The third-order valence-electron chi connectivity index (χ3n) is 3.19. The standard InChI is InChI=1S/C16H12Cl2N2O/c17-11-2-1-3-13(7-11)20-16(21)6-10-9-19-15-5-4-12(18)8-14(10)15/h1-5,7-9,19H,6H2,(H,20,21). The van der Waals surface area contributed by atoms with Crippen LogP contribution in [0.25, 0.3) is 10.9 Å². The molecule has 2 N–H and O–H groups in total. The summed E-state index contributed by atoms with van der Waals surface area (Å²) in [5, 5.41) is 5.03. The summed E-state index contributed by atoms with van der Waals surface area (Å²) in [5.74, 6) is -0.0989. The fraction of sp³-hybridized carbons (Fsp3) is 0.0625. The first-order chi connectivity index (χ1) is 10.1. The summed E-state index contributed by atoms with van der Waals surface area (Å²) in [5.41, 5.74) is 2.56.